The molecule has 0 saturated carbocycles. The Kier molecular flexibility index (Phi) is 4.78. The normalized spacial score (nSPS) is 26.1. The Morgan fingerprint density at radius 1 is 1.41 bits per heavy atom. The van der Waals surface area contributed by atoms with Crippen molar-refractivity contribution in [3.8, 4) is 0 Å². The van der Waals surface area contributed by atoms with Crippen LogP contribution in [-0.4, -0.2) is 23.6 Å². The summed E-state index contributed by atoms with van der Waals surface area (Å²) < 4.78 is 1.73. The number of thioether (sulfide) groups is 1. The molecule has 2 rings (SSSR count). The Bertz CT molecular complexity index is 357. The van der Waals surface area contributed by atoms with E-state index in [1.54, 1.807) is 0 Å². The van der Waals surface area contributed by atoms with Crippen LogP contribution >= 0.6 is 34.4 Å². The maximum atomic E-state index is 3.52. The lowest BCUT2D eigenvalue weighted by Gasteiger charge is -2.33. The van der Waals surface area contributed by atoms with Crippen molar-refractivity contribution in [2.24, 2.45) is 0 Å². The third kappa shape index (κ3) is 3.38. The average molecular weight is 361 g/mol. The van der Waals surface area contributed by atoms with Crippen LogP contribution in [-0.2, 0) is 6.42 Å². The van der Waals surface area contributed by atoms with Crippen molar-refractivity contribution in [1.82, 2.24) is 5.32 Å². The number of rotatable bonds is 4. The van der Waals surface area contributed by atoms with Crippen LogP contribution < -0.4 is 5.32 Å². The second-order valence-corrected chi connectivity index (χ2v) is 7.81. The molecular formula is C14H20INS. The average Bonchev–Trinajstić information content (AvgIpc) is 2.76. The van der Waals surface area contributed by atoms with Gasteiger partial charge < -0.3 is 5.32 Å². The standard InChI is InChI=1S/C14H20INS/c1-14(8-3-9-17-14)13(16-2)10-11-4-6-12(15)7-5-11/h4-7,13,16H,3,8-10H2,1-2H3. The Labute approximate surface area is 122 Å². The van der Waals surface area contributed by atoms with E-state index in [0.717, 1.165) is 6.42 Å². The molecule has 0 aliphatic carbocycles. The number of nitrogens with one attached hydrogen (secondary N) is 1. The lowest BCUT2D eigenvalue weighted by Crippen LogP contribution is -2.45. The molecule has 1 aliphatic rings. The zero-order valence-electron chi connectivity index (χ0n) is 10.5. The number of halogens is 1. The fraction of sp³-hybridized carbons (Fsp3) is 0.571. The third-order valence-corrected chi connectivity index (χ3v) is 6.05. The summed E-state index contributed by atoms with van der Waals surface area (Å²) in [7, 11) is 2.10. The molecule has 0 amide bonds. The summed E-state index contributed by atoms with van der Waals surface area (Å²) in [6.07, 6.45) is 3.84. The van der Waals surface area contributed by atoms with E-state index in [0.29, 0.717) is 10.8 Å². The van der Waals surface area contributed by atoms with E-state index >= 15 is 0 Å². The second kappa shape index (κ2) is 5.93. The lowest BCUT2D eigenvalue weighted by molar-refractivity contribution is 0.424. The van der Waals surface area contributed by atoms with Gasteiger partial charge >= 0.3 is 0 Å². The van der Waals surface area contributed by atoms with Gasteiger partial charge in [-0.2, -0.15) is 11.8 Å². The zero-order chi connectivity index (χ0) is 12.3. The molecule has 2 unspecified atom stereocenters. The Morgan fingerprint density at radius 2 is 2.12 bits per heavy atom. The van der Waals surface area contributed by atoms with E-state index in [2.05, 4.69) is 77.9 Å². The van der Waals surface area contributed by atoms with E-state index < -0.39 is 0 Å². The molecule has 0 bridgehead atoms. The van der Waals surface area contributed by atoms with E-state index in [1.165, 1.54) is 27.7 Å². The molecule has 1 aliphatic heterocycles. The quantitative estimate of drug-likeness (QED) is 0.821. The minimum absolute atomic E-state index is 0.414. The van der Waals surface area contributed by atoms with Crippen LogP contribution in [0.5, 0.6) is 0 Å². The lowest BCUT2D eigenvalue weighted by atomic mass is 9.91. The highest BCUT2D eigenvalue weighted by atomic mass is 127. The summed E-state index contributed by atoms with van der Waals surface area (Å²) in [5.74, 6) is 1.32. The highest BCUT2D eigenvalue weighted by molar-refractivity contribution is 14.1. The molecule has 1 heterocycles. The van der Waals surface area contributed by atoms with E-state index in [1.807, 2.05) is 0 Å². The molecule has 1 aromatic carbocycles. The van der Waals surface area contributed by atoms with E-state index in [9.17, 15) is 0 Å². The van der Waals surface area contributed by atoms with Crippen LogP contribution in [0.2, 0.25) is 0 Å². The number of hydrogen-bond donors (Lipinski definition) is 1. The van der Waals surface area contributed by atoms with Crippen LogP contribution in [0.1, 0.15) is 25.3 Å². The van der Waals surface area contributed by atoms with Gasteiger partial charge in [0, 0.05) is 14.4 Å². The fourth-order valence-corrected chi connectivity index (χ4v) is 4.36. The minimum atomic E-state index is 0.414. The number of hydrogen-bond acceptors (Lipinski definition) is 2. The first-order valence-electron chi connectivity index (χ1n) is 6.20. The van der Waals surface area contributed by atoms with Gasteiger partial charge in [-0.3, -0.25) is 0 Å². The van der Waals surface area contributed by atoms with Gasteiger partial charge in [-0.05, 0) is 79.3 Å². The third-order valence-electron chi connectivity index (χ3n) is 3.69. The van der Waals surface area contributed by atoms with Crippen LogP contribution in [0.15, 0.2) is 24.3 Å². The highest BCUT2D eigenvalue weighted by Gasteiger charge is 2.36. The zero-order valence-corrected chi connectivity index (χ0v) is 13.5. The van der Waals surface area contributed by atoms with Gasteiger partial charge in [0.15, 0.2) is 0 Å². The van der Waals surface area contributed by atoms with Gasteiger partial charge in [0.25, 0.3) is 0 Å². The van der Waals surface area contributed by atoms with Crippen molar-refractivity contribution in [3.05, 3.63) is 33.4 Å². The molecule has 3 heteroatoms. The van der Waals surface area contributed by atoms with Crippen molar-refractivity contribution in [3.63, 3.8) is 0 Å². The Hall–Kier alpha value is 0.260. The summed E-state index contributed by atoms with van der Waals surface area (Å²) in [6, 6.07) is 9.50. The molecular weight excluding hydrogens is 341 g/mol. The van der Waals surface area contributed by atoms with Gasteiger partial charge in [0.2, 0.25) is 0 Å². The van der Waals surface area contributed by atoms with Crippen molar-refractivity contribution in [2.45, 2.75) is 37.0 Å². The van der Waals surface area contributed by atoms with Gasteiger partial charge in [0.05, 0.1) is 0 Å². The van der Waals surface area contributed by atoms with Crippen molar-refractivity contribution >= 4 is 34.4 Å². The molecule has 1 aromatic rings. The number of likely N-dealkylation sites (N-methyl/N-ethyl adjacent to an activating group) is 1. The summed E-state index contributed by atoms with van der Waals surface area (Å²) in [4.78, 5) is 0. The second-order valence-electron chi connectivity index (χ2n) is 4.94. The Morgan fingerprint density at radius 3 is 2.65 bits per heavy atom. The Balaban J connectivity index is 2.06. The molecule has 94 valence electrons. The fourth-order valence-electron chi connectivity index (χ4n) is 2.55. The summed E-state index contributed by atoms with van der Waals surface area (Å²) in [6.45, 7) is 2.42. The van der Waals surface area contributed by atoms with Crippen molar-refractivity contribution in [2.75, 3.05) is 12.8 Å². The maximum absolute atomic E-state index is 3.52. The monoisotopic (exact) mass is 361 g/mol. The number of benzene rings is 1. The van der Waals surface area contributed by atoms with Gasteiger partial charge in [-0.1, -0.05) is 12.1 Å². The molecule has 1 saturated heterocycles. The molecule has 1 fully saturated rings. The SMILES string of the molecule is CNC(Cc1ccc(I)cc1)C1(C)CCCS1. The van der Waals surface area contributed by atoms with E-state index in [-0.39, 0.29) is 0 Å². The summed E-state index contributed by atoms with van der Waals surface area (Å²) >= 11 is 4.50. The first kappa shape index (κ1) is 13.7. The minimum Gasteiger partial charge on any atom is -0.315 e. The molecule has 2 atom stereocenters. The van der Waals surface area contributed by atoms with Gasteiger partial charge in [-0.15, -0.1) is 0 Å². The molecule has 0 radical (unpaired) electrons. The van der Waals surface area contributed by atoms with Crippen molar-refractivity contribution in [1.29, 1.82) is 0 Å². The predicted octanol–water partition coefficient (Wildman–Crippen LogP) is 3.71. The molecule has 1 nitrogen and oxygen atoms in total. The highest BCUT2D eigenvalue weighted by Crippen LogP contribution is 2.41. The topological polar surface area (TPSA) is 12.0 Å². The summed E-state index contributed by atoms with van der Waals surface area (Å²) in [5, 5.41) is 3.52. The summed E-state index contributed by atoms with van der Waals surface area (Å²) in [5.41, 5.74) is 1.44. The first-order chi connectivity index (χ1) is 8.14. The van der Waals surface area contributed by atoms with Crippen LogP contribution in [0.4, 0.5) is 0 Å². The van der Waals surface area contributed by atoms with Gasteiger partial charge in [-0.25, -0.2) is 0 Å². The molecule has 0 spiro atoms. The van der Waals surface area contributed by atoms with Crippen molar-refractivity contribution < 1.29 is 0 Å². The van der Waals surface area contributed by atoms with Crippen LogP contribution in [0.25, 0.3) is 0 Å². The molecule has 0 aromatic heterocycles. The molecule has 17 heavy (non-hydrogen) atoms. The predicted molar refractivity (Wildman–Crippen MR) is 85.8 cm³/mol. The van der Waals surface area contributed by atoms with Crippen LogP contribution in [0, 0.1) is 3.57 Å². The maximum Gasteiger partial charge on any atom is 0.0288 e. The first-order valence-corrected chi connectivity index (χ1v) is 8.26. The smallest absolute Gasteiger partial charge is 0.0288 e. The molecule has 1 N–H and O–H groups in total. The van der Waals surface area contributed by atoms with E-state index in [4.69, 9.17) is 0 Å². The largest absolute Gasteiger partial charge is 0.315 e. The van der Waals surface area contributed by atoms with Crippen LogP contribution in [0.3, 0.4) is 0 Å². The van der Waals surface area contributed by atoms with Gasteiger partial charge in [0.1, 0.15) is 0 Å².